The van der Waals surface area contributed by atoms with Crippen LogP contribution in [0.15, 0.2) is 30.6 Å². The van der Waals surface area contributed by atoms with Gasteiger partial charge in [-0.05, 0) is 25.5 Å². The van der Waals surface area contributed by atoms with E-state index in [9.17, 15) is 4.79 Å². The van der Waals surface area contributed by atoms with E-state index in [-0.39, 0.29) is 11.3 Å². The highest BCUT2D eigenvalue weighted by molar-refractivity contribution is 6.20. The first-order chi connectivity index (χ1) is 9.09. The van der Waals surface area contributed by atoms with Crippen LogP contribution in [0.25, 0.3) is 11.0 Å². The van der Waals surface area contributed by atoms with E-state index in [2.05, 4.69) is 9.97 Å². The highest BCUT2D eigenvalue weighted by Gasteiger charge is 2.15. The number of aromatic nitrogens is 2. The van der Waals surface area contributed by atoms with Crippen LogP contribution in [0.4, 0.5) is 0 Å². The van der Waals surface area contributed by atoms with Gasteiger partial charge in [0.2, 0.25) is 0 Å². The van der Waals surface area contributed by atoms with Crippen molar-refractivity contribution in [2.24, 2.45) is 0 Å². The second-order valence-electron chi connectivity index (χ2n) is 4.53. The Morgan fingerprint density at radius 2 is 2.11 bits per heavy atom. The van der Waals surface area contributed by atoms with Crippen molar-refractivity contribution in [3.63, 3.8) is 0 Å². The summed E-state index contributed by atoms with van der Waals surface area (Å²) in [6.07, 6.45) is 3.98. The molecule has 1 amide bonds. The molecule has 1 aromatic carbocycles. The second-order valence-corrected chi connectivity index (χ2v) is 5.27. The van der Waals surface area contributed by atoms with Gasteiger partial charge in [0.15, 0.2) is 0 Å². The number of hydrogen-bond donors (Lipinski definition) is 0. The standard InChI is InChI=1S/C14H16ClN3O/c1-10(15)6-9-18(2)14(19)11-4-3-5-12-13(11)17-8-7-16-12/h3-5,7-8,10H,6,9H2,1-2H3. The van der Waals surface area contributed by atoms with Crippen molar-refractivity contribution in [1.82, 2.24) is 14.9 Å². The molecule has 0 aliphatic carbocycles. The van der Waals surface area contributed by atoms with E-state index in [1.807, 2.05) is 19.1 Å². The number of hydrogen-bond acceptors (Lipinski definition) is 3. The molecular formula is C14H16ClN3O. The molecule has 0 saturated heterocycles. The Kier molecular flexibility index (Phi) is 4.32. The number of carbonyl (C=O) groups excluding carboxylic acids is 1. The van der Waals surface area contributed by atoms with Crippen LogP contribution in [0.5, 0.6) is 0 Å². The molecule has 1 aromatic heterocycles. The van der Waals surface area contributed by atoms with Crippen molar-refractivity contribution in [2.45, 2.75) is 18.7 Å². The van der Waals surface area contributed by atoms with Gasteiger partial charge in [-0.1, -0.05) is 6.07 Å². The maximum absolute atomic E-state index is 12.4. The van der Waals surface area contributed by atoms with Crippen molar-refractivity contribution >= 4 is 28.5 Å². The number of fused-ring (bicyclic) bond motifs is 1. The average molecular weight is 278 g/mol. The van der Waals surface area contributed by atoms with Crippen LogP contribution in [0.3, 0.4) is 0 Å². The Morgan fingerprint density at radius 3 is 2.84 bits per heavy atom. The number of rotatable bonds is 4. The quantitative estimate of drug-likeness (QED) is 0.807. The molecule has 1 unspecified atom stereocenters. The molecule has 1 heterocycles. The molecule has 5 heteroatoms. The number of benzene rings is 1. The van der Waals surface area contributed by atoms with E-state index >= 15 is 0 Å². The lowest BCUT2D eigenvalue weighted by Crippen LogP contribution is -2.29. The lowest BCUT2D eigenvalue weighted by Gasteiger charge is -2.18. The summed E-state index contributed by atoms with van der Waals surface area (Å²) in [5.74, 6) is -0.0524. The summed E-state index contributed by atoms with van der Waals surface area (Å²) < 4.78 is 0. The smallest absolute Gasteiger partial charge is 0.255 e. The minimum absolute atomic E-state index is 0.0524. The molecule has 19 heavy (non-hydrogen) atoms. The Bertz CT molecular complexity index is 580. The molecule has 0 aliphatic rings. The minimum atomic E-state index is -0.0524. The summed E-state index contributed by atoms with van der Waals surface area (Å²) in [6.45, 7) is 2.55. The fourth-order valence-corrected chi connectivity index (χ4v) is 1.94. The fraction of sp³-hybridized carbons (Fsp3) is 0.357. The summed E-state index contributed by atoms with van der Waals surface area (Å²) in [7, 11) is 1.77. The van der Waals surface area contributed by atoms with Gasteiger partial charge in [-0.25, -0.2) is 0 Å². The van der Waals surface area contributed by atoms with Gasteiger partial charge in [-0.2, -0.15) is 0 Å². The molecule has 2 aromatic rings. The van der Waals surface area contributed by atoms with Gasteiger partial charge in [0.1, 0.15) is 5.52 Å². The van der Waals surface area contributed by atoms with Gasteiger partial charge in [-0.3, -0.25) is 14.8 Å². The van der Waals surface area contributed by atoms with Gasteiger partial charge in [0.05, 0.1) is 11.1 Å². The maximum atomic E-state index is 12.4. The summed E-state index contributed by atoms with van der Waals surface area (Å²) in [4.78, 5) is 22.5. The molecule has 0 saturated carbocycles. The van der Waals surface area contributed by atoms with Gasteiger partial charge in [0, 0.05) is 31.4 Å². The number of amides is 1. The normalized spacial score (nSPS) is 12.4. The maximum Gasteiger partial charge on any atom is 0.255 e. The molecule has 0 N–H and O–H groups in total. The van der Waals surface area contributed by atoms with Gasteiger partial charge in [-0.15, -0.1) is 11.6 Å². The van der Waals surface area contributed by atoms with Crippen LogP contribution in [0, 0.1) is 0 Å². The summed E-state index contributed by atoms with van der Waals surface area (Å²) >= 11 is 5.91. The molecule has 0 spiro atoms. The van der Waals surface area contributed by atoms with E-state index in [1.54, 1.807) is 30.4 Å². The average Bonchev–Trinajstić information content (AvgIpc) is 2.43. The first kappa shape index (κ1) is 13.7. The highest BCUT2D eigenvalue weighted by Crippen LogP contribution is 2.16. The molecule has 0 aliphatic heterocycles. The topological polar surface area (TPSA) is 46.1 Å². The van der Waals surface area contributed by atoms with Crippen LogP contribution in [-0.4, -0.2) is 39.7 Å². The van der Waals surface area contributed by atoms with Gasteiger partial charge in [0.25, 0.3) is 5.91 Å². The molecule has 0 bridgehead atoms. The zero-order valence-electron chi connectivity index (χ0n) is 11.0. The van der Waals surface area contributed by atoms with E-state index in [1.165, 1.54) is 0 Å². The molecule has 0 fully saturated rings. The zero-order chi connectivity index (χ0) is 13.8. The SMILES string of the molecule is CC(Cl)CCN(C)C(=O)c1cccc2nccnc12. The van der Waals surface area contributed by atoms with Crippen molar-refractivity contribution < 1.29 is 4.79 Å². The third kappa shape index (κ3) is 3.20. The molecule has 100 valence electrons. The van der Waals surface area contributed by atoms with Crippen LogP contribution < -0.4 is 0 Å². The Morgan fingerprint density at radius 1 is 1.37 bits per heavy atom. The molecule has 1 atom stereocenters. The van der Waals surface area contributed by atoms with Crippen molar-refractivity contribution in [3.8, 4) is 0 Å². The van der Waals surface area contributed by atoms with Crippen LogP contribution in [0.1, 0.15) is 23.7 Å². The van der Waals surface area contributed by atoms with Gasteiger partial charge < -0.3 is 4.90 Å². The summed E-state index contributed by atoms with van der Waals surface area (Å²) in [5, 5.41) is 0.0579. The highest BCUT2D eigenvalue weighted by atomic mass is 35.5. The lowest BCUT2D eigenvalue weighted by molar-refractivity contribution is 0.0795. The first-order valence-corrected chi connectivity index (χ1v) is 6.62. The fourth-order valence-electron chi connectivity index (χ4n) is 1.84. The predicted octanol–water partition coefficient (Wildman–Crippen LogP) is 2.72. The molecule has 4 nitrogen and oxygen atoms in total. The van der Waals surface area contributed by atoms with E-state index < -0.39 is 0 Å². The third-order valence-electron chi connectivity index (χ3n) is 2.94. The number of para-hydroxylation sites is 1. The number of nitrogens with zero attached hydrogens (tertiary/aromatic N) is 3. The van der Waals surface area contributed by atoms with Crippen molar-refractivity contribution in [1.29, 1.82) is 0 Å². The van der Waals surface area contributed by atoms with Crippen molar-refractivity contribution in [2.75, 3.05) is 13.6 Å². The first-order valence-electron chi connectivity index (χ1n) is 6.19. The third-order valence-corrected chi connectivity index (χ3v) is 3.16. The van der Waals surface area contributed by atoms with E-state index in [4.69, 9.17) is 11.6 Å². The van der Waals surface area contributed by atoms with Crippen LogP contribution in [0.2, 0.25) is 0 Å². The largest absolute Gasteiger partial charge is 0.342 e. The summed E-state index contributed by atoms with van der Waals surface area (Å²) in [6, 6.07) is 5.45. The van der Waals surface area contributed by atoms with Crippen LogP contribution >= 0.6 is 11.6 Å². The number of halogens is 1. The second kappa shape index (κ2) is 5.97. The zero-order valence-corrected chi connectivity index (χ0v) is 11.8. The van der Waals surface area contributed by atoms with Gasteiger partial charge >= 0.3 is 0 Å². The van der Waals surface area contributed by atoms with Crippen molar-refractivity contribution in [3.05, 3.63) is 36.2 Å². The van der Waals surface area contributed by atoms with E-state index in [0.29, 0.717) is 17.6 Å². The molecular weight excluding hydrogens is 262 g/mol. The van der Waals surface area contributed by atoms with E-state index in [0.717, 1.165) is 11.9 Å². The number of carbonyl (C=O) groups is 1. The Hall–Kier alpha value is -1.68. The summed E-state index contributed by atoms with van der Waals surface area (Å²) in [5.41, 5.74) is 1.95. The number of alkyl halides is 1. The molecule has 2 rings (SSSR count). The molecule has 0 radical (unpaired) electrons. The Labute approximate surface area is 117 Å². The predicted molar refractivity (Wildman–Crippen MR) is 76.4 cm³/mol. The lowest BCUT2D eigenvalue weighted by atomic mass is 10.1. The minimum Gasteiger partial charge on any atom is -0.342 e. The van der Waals surface area contributed by atoms with Crippen LogP contribution in [-0.2, 0) is 0 Å². The monoisotopic (exact) mass is 277 g/mol. The Balaban J connectivity index is 2.26.